The number of rotatable bonds is 4. The van der Waals surface area contributed by atoms with Crippen molar-refractivity contribution in [3.05, 3.63) is 65.7 Å². The molecule has 128 valence electrons. The monoisotopic (exact) mass is 325 g/mol. The van der Waals surface area contributed by atoms with E-state index < -0.39 is 5.60 Å². The van der Waals surface area contributed by atoms with Crippen LogP contribution in [0.2, 0.25) is 0 Å². The first kappa shape index (κ1) is 17.0. The molecular weight excluding hydrogens is 298 g/mol. The third-order valence-corrected chi connectivity index (χ3v) is 5.39. The number of hydrogen-bond acceptors (Lipinski definition) is 3. The van der Waals surface area contributed by atoms with Gasteiger partial charge in [-0.1, -0.05) is 61.4 Å². The van der Waals surface area contributed by atoms with Gasteiger partial charge in [-0.05, 0) is 38.6 Å². The Labute approximate surface area is 144 Å². The fourth-order valence-corrected chi connectivity index (χ4v) is 4.32. The Balaban J connectivity index is 2.07. The first-order valence-corrected chi connectivity index (χ1v) is 8.76. The highest BCUT2D eigenvalue weighted by Gasteiger charge is 2.46. The Morgan fingerprint density at radius 3 is 2.33 bits per heavy atom. The molecule has 1 aliphatic rings. The molecule has 1 fully saturated rings. The van der Waals surface area contributed by atoms with E-state index in [0.717, 1.165) is 19.3 Å². The second-order valence-corrected chi connectivity index (χ2v) is 7.11. The number of benzene rings is 2. The standard InChI is InChI=1S/C21H27NO2/c1-22(2)20(16-10-4-3-5-11-16)18-13-8-9-15-21(18,24)17-12-6-7-14-19(17)23/h3-7,10-12,14,18,20,23-24H,8-9,13,15H2,1-2H3. The Bertz CT molecular complexity index is 671. The van der Waals surface area contributed by atoms with E-state index in [2.05, 4.69) is 31.1 Å². The molecule has 3 rings (SSSR count). The quantitative estimate of drug-likeness (QED) is 0.890. The van der Waals surface area contributed by atoms with Gasteiger partial charge < -0.3 is 15.1 Å². The lowest BCUT2D eigenvalue weighted by molar-refractivity contribution is -0.0849. The van der Waals surface area contributed by atoms with E-state index in [1.807, 2.05) is 30.3 Å². The van der Waals surface area contributed by atoms with Crippen LogP contribution in [0.4, 0.5) is 0 Å². The third-order valence-electron chi connectivity index (χ3n) is 5.39. The molecule has 2 aromatic rings. The van der Waals surface area contributed by atoms with Gasteiger partial charge >= 0.3 is 0 Å². The summed E-state index contributed by atoms with van der Waals surface area (Å²) in [7, 11) is 4.13. The lowest BCUT2D eigenvalue weighted by Crippen LogP contribution is -2.45. The van der Waals surface area contributed by atoms with Gasteiger partial charge in [0.1, 0.15) is 5.75 Å². The Morgan fingerprint density at radius 2 is 1.67 bits per heavy atom. The van der Waals surface area contributed by atoms with Crippen molar-refractivity contribution in [2.75, 3.05) is 14.1 Å². The highest BCUT2D eigenvalue weighted by molar-refractivity contribution is 5.38. The molecule has 24 heavy (non-hydrogen) atoms. The summed E-state index contributed by atoms with van der Waals surface area (Å²) in [5.41, 5.74) is 0.870. The van der Waals surface area contributed by atoms with Crippen LogP contribution in [0.3, 0.4) is 0 Å². The van der Waals surface area contributed by atoms with Gasteiger partial charge in [0.25, 0.3) is 0 Å². The van der Waals surface area contributed by atoms with Crippen molar-refractivity contribution in [2.24, 2.45) is 5.92 Å². The predicted molar refractivity (Wildman–Crippen MR) is 96.8 cm³/mol. The van der Waals surface area contributed by atoms with Gasteiger partial charge in [0.15, 0.2) is 0 Å². The molecular formula is C21H27NO2. The molecule has 1 aliphatic carbocycles. The van der Waals surface area contributed by atoms with Crippen molar-refractivity contribution >= 4 is 0 Å². The normalized spacial score (nSPS) is 25.6. The summed E-state index contributed by atoms with van der Waals surface area (Å²) in [5.74, 6) is 0.231. The van der Waals surface area contributed by atoms with Gasteiger partial charge in [0, 0.05) is 17.5 Å². The molecule has 2 N–H and O–H groups in total. The number of phenolic OH excluding ortho intramolecular Hbond substituents is 1. The lowest BCUT2D eigenvalue weighted by atomic mass is 9.66. The molecule has 0 spiro atoms. The van der Waals surface area contributed by atoms with E-state index in [4.69, 9.17) is 0 Å². The summed E-state index contributed by atoms with van der Waals surface area (Å²) >= 11 is 0. The zero-order valence-corrected chi connectivity index (χ0v) is 14.5. The van der Waals surface area contributed by atoms with E-state index in [-0.39, 0.29) is 17.7 Å². The highest BCUT2D eigenvalue weighted by atomic mass is 16.3. The minimum absolute atomic E-state index is 0.0388. The number of aliphatic hydroxyl groups is 1. The van der Waals surface area contributed by atoms with Gasteiger partial charge in [0.05, 0.1) is 5.60 Å². The molecule has 3 unspecified atom stereocenters. The summed E-state index contributed by atoms with van der Waals surface area (Å²) < 4.78 is 0. The molecule has 0 radical (unpaired) electrons. The number of para-hydroxylation sites is 1. The second-order valence-electron chi connectivity index (χ2n) is 7.11. The SMILES string of the molecule is CN(C)C(c1ccccc1)C1CCCCC1(O)c1ccccc1O. The summed E-state index contributed by atoms with van der Waals surface area (Å²) in [4.78, 5) is 2.19. The van der Waals surface area contributed by atoms with E-state index in [0.29, 0.717) is 12.0 Å². The van der Waals surface area contributed by atoms with Gasteiger partial charge in [-0.3, -0.25) is 0 Å². The van der Waals surface area contributed by atoms with Crippen LogP contribution in [-0.4, -0.2) is 29.2 Å². The fourth-order valence-electron chi connectivity index (χ4n) is 4.32. The molecule has 0 saturated heterocycles. The fraction of sp³-hybridized carbons (Fsp3) is 0.429. The van der Waals surface area contributed by atoms with Crippen molar-refractivity contribution in [3.8, 4) is 5.75 Å². The van der Waals surface area contributed by atoms with Crippen LogP contribution in [0.1, 0.15) is 42.9 Å². The Kier molecular flexibility index (Phi) is 4.93. The Morgan fingerprint density at radius 1 is 1.00 bits per heavy atom. The highest BCUT2D eigenvalue weighted by Crippen LogP contribution is 2.50. The van der Waals surface area contributed by atoms with Gasteiger partial charge in [-0.2, -0.15) is 0 Å². The van der Waals surface area contributed by atoms with Crippen molar-refractivity contribution in [2.45, 2.75) is 37.3 Å². The van der Waals surface area contributed by atoms with Crippen molar-refractivity contribution in [1.29, 1.82) is 0 Å². The minimum Gasteiger partial charge on any atom is -0.508 e. The minimum atomic E-state index is -1.01. The molecule has 0 heterocycles. The first-order chi connectivity index (χ1) is 11.5. The van der Waals surface area contributed by atoms with E-state index in [1.54, 1.807) is 12.1 Å². The van der Waals surface area contributed by atoms with Crippen LogP contribution < -0.4 is 0 Å². The van der Waals surface area contributed by atoms with Crippen LogP contribution in [0, 0.1) is 5.92 Å². The average molecular weight is 325 g/mol. The van der Waals surface area contributed by atoms with Crippen molar-refractivity contribution in [1.82, 2.24) is 4.90 Å². The van der Waals surface area contributed by atoms with Crippen molar-refractivity contribution in [3.63, 3.8) is 0 Å². The van der Waals surface area contributed by atoms with E-state index >= 15 is 0 Å². The van der Waals surface area contributed by atoms with Crippen LogP contribution in [0.25, 0.3) is 0 Å². The van der Waals surface area contributed by atoms with E-state index in [9.17, 15) is 10.2 Å². The molecule has 3 nitrogen and oxygen atoms in total. The van der Waals surface area contributed by atoms with Crippen molar-refractivity contribution < 1.29 is 10.2 Å². The maximum Gasteiger partial charge on any atom is 0.121 e. The topological polar surface area (TPSA) is 43.7 Å². The molecule has 0 amide bonds. The molecule has 0 aromatic heterocycles. The van der Waals surface area contributed by atoms with Gasteiger partial charge in [-0.15, -0.1) is 0 Å². The first-order valence-electron chi connectivity index (χ1n) is 8.76. The second kappa shape index (κ2) is 6.96. The maximum atomic E-state index is 11.7. The van der Waals surface area contributed by atoms with Gasteiger partial charge in [-0.25, -0.2) is 0 Å². The van der Waals surface area contributed by atoms with Crippen LogP contribution in [-0.2, 0) is 5.60 Å². The summed E-state index contributed by atoms with van der Waals surface area (Å²) in [6.07, 6.45) is 3.73. The number of aromatic hydroxyl groups is 1. The van der Waals surface area contributed by atoms with Crippen LogP contribution in [0.15, 0.2) is 54.6 Å². The summed E-state index contributed by atoms with van der Waals surface area (Å²) in [5, 5.41) is 22.0. The third kappa shape index (κ3) is 3.06. The zero-order valence-electron chi connectivity index (χ0n) is 14.5. The predicted octanol–water partition coefficient (Wildman–Crippen LogP) is 4.07. The average Bonchev–Trinajstić information content (AvgIpc) is 2.58. The lowest BCUT2D eigenvalue weighted by Gasteiger charge is -2.46. The summed E-state index contributed by atoms with van der Waals surface area (Å²) in [6.45, 7) is 0. The van der Waals surface area contributed by atoms with Crippen LogP contribution >= 0.6 is 0 Å². The number of nitrogens with zero attached hydrogens (tertiary/aromatic N) is 1. The molecule has 3 heteroatoms. The number of phenols is 1. The zero-order chi connectivity index (χ0) is 17.2. The molecule has 1 saturated carbocycles. The molecule has 3 atom stereocenters. The number of hydrogen-bond donors (Lipinski definition) is 2. The summed E-state index contributed by atoms with van der Waals surface area (Å²) in [6, 6.07) is 17.7. The van der Waals surface area contributed by atoms with Crippen LogP contribution in [0.5, 0.6) is 5.75 Å². The largest absolute Gasteiger partial charge is 0.508 e. The molecule has 0 aliphatic heterocycles. The van der Waals surface area contributed by atoms with Gasteiger partial charge in [0.2, 0.25) is 0 Å². The Hall–Kier alpha value is -1.84. The molecule has 2 aromatic carbocycles. The maximum absolute atomic E-state index is 11.7. The smallest absolute Gasteiger partial charge is 0.121 e. The molecule has 0 bridgehead atoms. The van der Waals surface area contributed by atoms with E-state index in [1.165, 1.54) is 5.56 Å².